The molecule has 1 aromatic carbocycles. The number of piperidine rings is 1. The van der Waals surface area contributed by atoms with Crippen LogP contribution < -0.4 is 5.32 Å². The van der Waals surface area contributed by atoms with Crippen molar-refractivity contribution >= 4 is 17.4 Å². The van der Waals surface area contributed by atoms with Gasteiger partial charge >= 0.3 is 6.18 Å². The Kier molecular flexibility index (Phi) is 5.15. The fourth-order valence-electron chi connectivity index (χ4n) is 3.04. The Labute approximate surface area is 150 Å². The zero-order valence-electron chi connectivity index (χ0n) is 14.4. The number of amides is 1. The van der Waals surface area contributed by atoms with Crippen molar-refractivity contribution in [2.45, 2.75) is 25.9 Å². The summed E-state index contributed by atoms with van der Waals surface area (Å²) in [4.78, 5) is 18.5. The number of pyridine rings is 1. The van der Waals surface area contributed by atoms with E-state index in [1.807, 2.05) is 4.90 Å². The average molecular weight is 363 g/mol. The summed E-state index contributed by atoms with van der Waals surface area (Å²) in [7, 11) is 0. The summed E-state index contributed by atoms with van der Waals surface area (Å²) in [6, 6.07) is 8.05. The summed E-state index contributed by atoms with van der Waals surface area (Å²) in [6.07, 6.45) is -0.718. The van der Waals surface area contributed by atoms with Crippen molar-refractivity contribution in [1.29, 1.82) is 0 Å². The molecule has 1 N–H and O–H groups in total. The van der Waals surface area contributed by atoms with Gasteiger partial charge in [0.25, 0.3) is 5.91 Å². The van der Waals surface area contributed by atoms with E-state index in [4.69, 9.17) is 0 Å². The lowest BCUT2D eigenvalue weighted by molar-refractivity contribution is -0.137. The van der Waals surface area contributed by atoms with Crippen LogP contribution in [-0.2, 0) is 6.18 Å². The highest BCUT2D eigenvalue weighted by molar-refractivity contribution is 5.94. The van der Waals surface area contributed by atoms with Crippen LogP contribution in [-0.4, -0.2) is 28.9 Å². The number of likely N-dealkylation sites (tertiary alicyclic amines) is 1. The maximum Gasteiger partial charge on any atom is 0.416 e. The van der Waals surface area contributed by atoms with Gasteiger partial charge in [-0.25, -0.2) is 4.98 Å². The molecule has 1 amide bonds. The van der Waals surface area contributed by atoms with Crippen molar-refractivity contribution in [1.82, 2.24) is 9.88 Å². The van der Waals surface area contributed by atoms with E-state index in [0.717, 1.165) is 38.1 Å². The number of nitrogens with zero attached hydrogens (tertiary/aromatic N) is 2. The minimum absolute atomic E-state index is 0.0369. The number of carbonyl (C=O) groups excluding carboxylic acids is 1. The Bertz CT molecular complexity index is 757. The SMILES string of the molecule is CC1CCCN(C(=O)c2ccc(Nc3ccc(C(F)(F)F)cc3)nc2)C1. The van der Waals surface area contributed by atoms with Crippen molar-refractivity contribution in [2.24, 2.45) is 5.92 Å². The van der Waals surface area contributed by atoms with E-state index >= 15 is 0 Å². The van der Waals surface area contributed by atoms with E-state index in [1.54, 1.807) is 12.1 Å². The monoisotopic (exact) mass is 363 g/mol. The Morgan fingerprint density at radius 3 is 2.50 bits per heavy atom. The standard InChI is InChI=1S/C19H20F3N3O/c1-13-3-2-10-25(12-13)18(26)14-4-9-17(23-11-14)24-16-7-5-15(6-8-16)19(20,21)22/h4-9,11,13H,2-3,10,12H2,1H3,(H,23,24). The third-order valence-electron chi connectivity index (χ3n) is 4.44. The molecule has 2 aromatic rings. The van der Waals surface area contributed by atoms with E-state index in [9.17, 15) is 18.0 Å². The molecule has 1 unspecified atom stereocenters. The second kappa shape index (κ2) is 7.35. The zero-order chi connectivity index (χ0) is 18.7. The van der Waals surface area contributed by atoms with E-state index < -0.39 is 11.7 Å². The van der Waals surface area contributed by atoms with Crippen LogP contribution in [0.15, 0.2) is 42.6 Å². The minimum atomic E-state index is -4.36. The van der Waals surface area contributed by atoms with Crippen LogP contribution in [0.4, 0.5) is 24.7 Å². The molecular formula is C19H20F3N3O. The van der Waals surface area contributed by atoms with Gasteiger partial charge in [0.1, 0.15) is 5.82 Å². The first-order valence-electron chi connectivity index (χ1n) is 8.52. The highest BCUT2D eigenvalue weighted by atomic mass is 19.4. The number of rotatable bonds is 3. The highest BCUT2D eigenvalue weighted by Crippen LogP contribution is 2.30. The molecule has 0 radical (unpaired) electrons. The van der Waals surface area contributed by atoms with Gasteiger partial charge in [-0.05, 0) is 55.2 Å². The highest BCUT2D eigenvalue weighted by Gasteiger charge is 2.30. The molecule has 138 valence electrons. The van der Waals surface area contributed by atoms with Crippen molar-refractivity contribution in [3.05, 3.63) is 53.7 Å². The summed E-state index contributed by atoms with van der Waals surface area (Å²) in [5, 5.41) is 2.93. The van der Waals surface area contributed by atoms with Gasteiger partial charge in [-0.2, -0.15) is 13.2 Å². The normalized spacial score (nSPS) is 17.8. The molecule has 2 heterocycles. The van der Waals surface area contributed by atoms with Gasteiger partial charge in [-0.15, -0.1) is 0 Å². The second-order valence-corrected chi connectivity index (χ2v) is 6.63. The van der Waals surface area contributed by atoms with Crippen molar-refractivity contribution < 1.29 is 18.0 Å². The summed E-state index contributed by atoms with van der Waals surface area (Å²) in [5.41, 5.74) is 0.305. The Morgan fingerprint density at radius 1 is 1.19 bits per heavy atom. The minimum Gasteiger partial charge on any atom is -0.340 e. The van der Waals surface area contributed by atoms with Gasteiger partial charge in [0.05, 0.1) is 11.1 Å². The molecule has 1 fully saturated rings. The Balaban J connectivity index is 1.65. The molecular weight excluding hydrogens is 343 g/mol. The van der Waals surface area contributed by atoms with E-state index in [2.05, 4.69) is 17.2 Å². The van der Waals surface area contributed by atoms with Crippen LogP contribution in [0.5, 0.6) is 0 Å². The third kappa shape index (κ3) is 4.33. The molecule has 0 aliphatic carbocycles. The van der Waals surface area contributed by atoms with Crippen molar-refractivity contribution in [3.8, 4) is 0 Å². The smallest absolute Gasteiger partial charge is 0.340 e. The fourth-order valence-corrected chi connectivity index (χ4v) is 3.04. The van der Waals surface area contributed by atoms with Crippen LogP contribution in [0.1, 0.15) is 35.7 Å². The van der Waals surface area contributed by atoms with Gasteiger partial charge in [-0.1, -0.05) is 6.92 Å². The molecule has 1 aromatic heterocycles. The Morgan fingerprint density at radius 2 is 1.92 bits per heavy atom. The lowest BCUT2D eigenvalue weighted by atomic mass is 10.00. The van der Waals surface area contributed by atoms with Gasteiger partial charge < -0.3 is 10.2 Å². The summed E-state index contributed by atoms with van der Waals surface area (Å²) < 4.78 is 37.7. The molecule has 1 atom stereocenters. The first kappa shape index (κ1) is 18.2. The Hall–Kier alpha value is -2.57. The van der Waals surface area contributed by atoms with Crippen LogP contribution in [0.3, 0.4) is 0 Å². The maximum absolute atomic E-state index is 12.6. The van der Waals surface area contributed by atoms with Gasteiger partial charge in [0.2, 0.25) is 0 Å². The quantitative estimate of drug-likeness (QED) is 0.859. The maximum atomic E-state index is 12.6. The number of benzene rings is 1. The van der Waals surface area contributed by atoms with Gasteiger partial charge in [0.15, 0.2) is 0 Å². The molecule has 4 nitrogen and oxygen atoms in total. The molecule has 26 heavy (non-hydrogen) atoms. The number of carbonyl (C=O) groups is 1. The molecule has 0 spiro atoms. The molecule has 3 rings (SSSR count). The van der Waals surface area contributed by atoms with Crippen molar-refractivity contribution in [3.63, 3.8) is 0 Å². The summed E-state index contributed by atoms with van der Waals surface area (Å²) in [5.74, 6) is 0.930. The molecule has 1 aliphatic rings. The van der Waals surface area contributed by atoms with Crippen LogP contribution in [0.2, 0.25) is 0 Å². The van der Waals surface area contributed by atoms with Crippen LogP contribution in [0, 0.1) is 5.92 Å². The van der Waals surface area contributed by atoms with E-state index in [1.165, 1.54) is 18.3 Å². The van der Waals surface area contributed by atoms with Crippen LogP contribution in [0.25, 0.3) is 0 Å². The first-order valence-corrected chi connectivity index (χ1v) is 8.52. The molecule has 1 saturated heterocycles. The topological polar surface area (TPSA) is 45.2 Å². The van der Waals surface area contributed by atoms with E-state index in [-0.39, 0.29) is 5.91 Å². The number of halogens is 3. The number of aromatic nitrogens is 1. The first-order chi connectivity index (χ1) is 12.3. The largest absolute Gasteiger partial charge is 0.416 e. The second-order valence-electron chi connectivity index (χ2n) is 6.63. The number of nitrogens with one attached hydrogen (secondary N) is 1. The number of hydrogen-bond donors (Lipinski definition) is 1. The molecule has 1 aliphatic heterocycles. The molecule has 0 saturated carbocycles. The number of hydrogen-bond acceptors (Lipinski definition) is 3. The van der Waals surface area contributed by atoms with Gasteiger partial charge in [-0.3, -0.25) is 4.79 Å². The third-order valence-corrected chi connectivity index (χ3v) is 4.44. The van der Waals surface area contributed by atoms with Crippen LogP contribution >= 0.6 is 0 Å². The fraction of sp³-hybridized carbons (Fsp3) is 0.368. The lowest BCUT2D eigenvalue weighted by Crippen LogP contribution is -2.39. The summed E-state index contributed by atoms with van der Waals surface area (Å²) >= 11 is 0. The number of alkyl halides is 3. The molecule has 7 heteroatoms. The lowest BCUT2D eigenvalue weighted by Gasteiger charge is -2.30. The van der Waals surface area contributed by atoms with E-state index in [0.29, 0.717) is 23.0 Å². The van der Waals surface area contributed by atoms with Crippen molar-refractivity contribution in [2.75, 3.05) is 18.4 Å². The predicted molar refractivity (Wildman–Crippen MR) is 93.3 cm³/mol. The predicted octanol–water partition coefficient (Wildman–Crippen LogP) is 4.72. The zero-order valence-corrected chi connectivity index (χ0v) is 14.4. The summed E-state index contributed by atoms with van der Waals surface area (Å²) in [6.45, 7) is 3.65. The van der Waals surface area contributed by atoms with Gasteiger partial charge in [0, 0.05) is 25.0 Å². The number of anilines is 2. The molecule has 0 bridgehead atoms. The average Bonchev–Trinajstić information content (AvgIpc) is 2.61.